The highest BCUT2D eigenvalue weighted by molar-refractivity contribution is 6.61. The molecule has 0 saturated heterocycles. The van der Waals surface area contributed by atoms with E-state index in [9.17, 15) is 4.79 Å². The van der Waals surface area contributed by atoms with Crippen molar-refractivity contribution in [3.8, 4) is 0 Å². The van der Waals surface area contributed by atoms with Crippen molar-refractivity contribution in [3.05, 3.63) is 0 Å². The molecule has 0 radical (unpaired) electrons. The molecular weight excluding hydrogens is 152 g/mol. The molecule has 10 heavy (non-hydrogen) atoms. The number of hydrogen-bond acceptors (Lipinski definition) is 2. The van der Waals surface area contributed by atoms with Gasteiger partial charge in [-0.05, 0) is 5.92 Å². The summed E-state index contributed by atoms with van der Waals surface area (Å²) < 4.78 is 4.43. The Kier molecular flexibility index (Phi) is 10.9. The molecule has 0 aliphatic heterocycles. The molecule has 0 N–H and O–H groups in total. The Morgan fingerprint density at radius 3 is 2.00 bits per heavy atom. The van der Waals surface area contributed by atoms with Gasteiger partial charge < -0.3 is 4.74 Å². The highest BCUT2D eigenvalue weighted by atomic mass is 35.5. The molecule has 0 bridgehead atoms. The summed E-state index contributed by atoms with van der Waals surface area (Å²) >= 11 is 4.86. The zero-order valence-electron chi connectivity index (χ0n) is 6.98. The zero-order valence-corrected chi connectivity index (χ0v) is 7.73. The smallest absolute Gasteiger partial charge is 0.403 e. The molecule has 0 rings (SSSR count). The molecule has 0 aromatic carbocycles. The van der Waals surface area contributed by atoms with Crippen molar-refractivity contribution in [2.75, 3.05) is 6.61 Å². The molecule has 0 unspecified atom stereocenters. The molecule has 0 heterocycles. The standard InChI is InChI=1S/C5H9ClO2.C2H6/c1-4(2)3-8-5(6)7;1-2/h4H,3H2,1-2H3;1-2H3. The molecule has 2 nitrogen and oxygen atoms in total. The Bertz CT molecular complexity index is 81.7. The summed E-state index contributed by atoms with van der Waals surface area (Å²) in [5, 5.41) is 0. The normalized spacial score (nSPS) is 8.20. The lowest BCUT2D eigenvalue weighted by Crippen LogP contribution is -2.02. The van der Waals surface area contributed by atoms with E-state index in [1.54, 1.807) is 0 Å². The van der Waals surface area contributed by atoms with Crippen LogP contribution in [0, 0.1) is 5.92 Å². The summed E-state index contributed by atoms with van der Waals surface area (Å²) in [6.07, 6.45) is 0. The summed E-state index contributed by atoms with van der Waals surface area (Å²) in [7, 11) is 0. The highest BCUT2D eigenvalue weighted by Gasteiger charge is 1.96. The Labute approximate surface area is 67.5 Å². The number of carbonyl (C=O) groups is 1. The number of ether oxygens (including phenoxy) is 1. The predicted octanol–water partition coefficient (Wildman–Crippen LogP) is 3.04. The van der Waals surface area contributed by atoms with Crippen molar-refractivity contribution in [2.45, 2.75) is 27.7 Å². The van der Waals surface area contributed by atoms with E-state index in [0.29, 0.717) is 12.5 Å². The van der Waals surface area contributed by atoms with Crippen LogP contribution in [-0.4, -0.2) is 12.0 Å². The number of halogens is 1. The Hall–Kier alpha value is -0.240. The minimum Gasteiger partial charge on any atom is -0.453 e. The maximum absolute atomic E-state index is 9.89. The fraction of sp³-hybridized carbons (Fsp3) is 0.857. The van der Waals surface area contributed by atoms with E-state index in [1.807, 2.05) is 27.7 Å². The minimum atomic E-state index is -0.723. The lowest BCUT2D eigenvalue weighted by Gasteiger charge is -2.00. The topological polar surface area (TPSA) is 26.3 Å². The first-order valence-corrected chi connectivity index (χ1v) is 3.83. The van der Waals surface area contributed by atoms with Crippen LogP contribution in [0.4, 0.5) is 4.79 Å². The highest BCUT2D eigenvalue weighted by Crippen LogP contribution is 1.94. The average molecular weight is 167 g/mol. The number of hydrogen-bond donors (Lipinski definition) is 0. The molecule has 62 valence electrons. The first-order valence-electron chi connectivity index (χ1n) is 3.45. The maximum Gasteiger partial charge on any atom is 0.403 e. The second-order valence-electron chi connectivity index (χ2n) is 1.94. The third kappa shape index (κ3) is 15.7. The van der Waals surface area contributed by atoms with Crippen molar-refractivity contribution < 1.29 is 9.53 Å². The number of rotatable bonds is 2. The van der Waals surface area contributed by atoms with Crippen molar-refractivity contribution in [1.82, 2.24) is 0 Å². The summed E-state index contributed by atoms with van der Waals surface area (Å²) in [4.78, 5) is 9.89. The van der Waals surface area contributed by atoms with Crippen LogP contribution in [0.3, 0.4) is 0 Å². The summed E-state index contributed by atoms with van der Waals surface area (Å²) in [6, 6.07) is 0. The second-order valence-corrected chi connectivity index (χ2v) is 2.25. The van der Waals surface area contributed by atoms with Gasteiger partial charge in [-0.3, -0.25) is 0 Å². The van der Waals surface area contributed by atoms with Gasteiger partial charge in [0.05, 0.1) is 6.61 Å². The fourth-order valence-electron chi connectivity index (χ4n) is 0.232. The lowest BCUT2D eigenvalue weighted by atomic mass is 10.2. The quantitative estimate of drug-likeness (QED) is 0.590. The van der Waals surface area contributed by atoms with E-state index in [1.165, 1.54) is 0 Å². The van der Waals surface area contributed by atoms with Crippen LogP contribution in [0.5, 0.6) is 0 Å². The average Bonchev–Trinajstić information content (AvgIpc) is 1.89. The van der Waals surface area contributed by atoms with Crippen molar-refractivity contribution >= 4 is 17.0 Å². The van der Waals surface area contributed by atoms with Gasteiger partial charge in [0.2, 0.25) is 0 Å². The van der Waals surface area contributed by atoms with Gasteiger partial charge in [0.25, 0.3) is 0 Å². The number of carbonyl (C=O) groups excluding carboxylic acids is 1. The summed E-state index contributed by atoms with van der Waals surface area (Å²) in [5.74, 6) is 0.359. The molecule has 0 atom stereocenters. The Morgan fingerprint density at radius 2 is 1.90 bits per heavy atom. The summed E-state index contributed by atoms with van der Waals surface area (Å²) in [5.41, 5.74) is -0.723. The van der Waals surface area contributed by atoms with Crippen LogP contribution < -0.4 is 0 Å². The van der Waals surface area contributed by atoms with Gasteiger partial charge in [-0.25, -0.2) is 4.79 Å². The van der Waals surface area contributed by atoms with E-state index >= 15 is 0 Å². The molecular formula is C7H15ClO2. The minimum absolute atomic E-state index is 0.359. The second kappa shape index (κ2) is 8.76. The van der Waals surface area contributed by atoms with Gasteiger partial charge in [-0.2, -0.15) is 0 Å². The van der Waals surface area contributed by atoms with Crippen LogP contribution in [0.2, 0.25) is 0 Å². The van der Waals surface area contributed by atoms with Crippen LogP contribution in [-0.2, 0) is 4.74 Å². The molecule has 0 aromatic rings. The SMILES string of the molecule is CC.CC(C)COC(=O)Cl. The molecule has 0 aromatic heterocycles. The van der Waals surface area contributed by atoms with Crippen LogP contribution >= 0.6 is 11.6 Å². The molecule has 0 amide bonds. The van der Waals surface area contributed by atoms with Gasteiger partial charge >= 0.3 is 5.43 Å². The van der Waals surface area contributed by atoms with Gasteiger partial charge in [-0.15, -0.1) is 0 Å². The van der Waals surface area contributed by atoms with Gasteiger partial charge in [0.1, 0.15) is 0 Å². The Balaban J connectivity index is 0. The molecule has 0 aliphatic carbocycles. The van der Waals surface area contributed by atoms with E-state index in [4.69, 9.17) is 11.6 Å². The van der Waals surface area contributed by atoms with Crippen LogP contribution in [0.25, 0.3) is 0 Å². The van der Waals surface area contributed by atoms with Gasteiger partial charge in [0, 0.05) is 11.6 Å². The summed E-state index contributed by atoms with van der Waals surface area (Å²) in [6.45, 7) is 8.29. The molecule has 3 heteroatoms. The van der Waals surface area contributed by atoms with E-state index in [0.717, 1.165) is 0 Å². The van der Waals surface area contributed by atoms with E-state index in [2.05, 4.69) is 4.74 Å². The molecule has 0 saturated carbocycles. The van der Waals surface area contributed by atoms with Crippen molar-refractivity contribution in [2.24, 2.45) is 5.92 Å². The Morgan fingerprint density at radius 1 is 1.50 bits per heavy atom. The van der Waals surface area contributed by atoms with E-state index < -0.39 is 5.43 Å². The van der Waals surface area contributed by atoms with Crippen molar-refractivity contribution in [3.63, 3.8) is 0 Å². The lowest BCUT2D eigenvalue weighted by molar-refractivity contribution is 0.159. The third-order valence-electron chi connectivity index (χ3n) is 0.530. The maximum atomic E-state index is 9.89. The van der Waals surface area contributed by atoms with E-state index in [-0.39, 0.29) is 0 Å². The van der Waals surface area contributed by atoms with Crippen LogP contribution in [0.1, 0.15) is 27.7 Å². The van der Waals surface area contributed by atoms with Crippen LogP contribution in [0.15, 0.2) is 0 Å². The predicted molar refractivity (Wildman–Crippen MR) is 43.4 cm³/mol. The molecule has 0 spiro atoms. The first-order chi connectivity index (χ1) is 4.63. The zero-order chi connectivity index (χ0) is 8.57. The third-order valence-corrected chi connectivity index (χ3v) is 0.639. The molecule has 0 aliphatic rings. The molecule has 0 fully saturated rings. The monoisotopic (exact) mass is 166 g/mol. The van der Waals surface area contributed by atoms with Gasteiger partial charge in [0.15, 0.2) is 0 Å². The largest absolute Gasteiger partial charge is 0.453 e. The first kappa shape index (κ1) is 12.4. The van der Waals surface area contributed by atoms with Crippen molar-refractivity contribution in [1.29, 1.82) is 0 Å². The van der Waals surface area contributed by atoms with Gasteiger partial charge in [-0.1, -0.05) is 27.7 Å². The fourth-order valence-corrected chi connectivity index (χ4v) is 0.295.